The lowest BCUT2D eigenvalue weighted by Gasteiger charge is -2.14. The van der Waals surface area contributed by atoms with E-state index in [1.165, 1.54) is 9.13 Å². The van der Waals surface area contributed by atoms with Crippen molar-refractivity contribution in [1.29, 1.82) is 0 Å². The predicted octanol–water partition coefficient (Wildman–Crippen LogP) is 4.12. The Balaban J connectivity index is 1.94. The van der Waals surface area contributed by atoms with Crippen molar-refractivity contribution in [2.24, 2.45) is 0 Å². The van der Waals surface area contributed by atoms with Crippen LogP contribution in [0.25, 0.3) is 10.9 Å². The second-order valence-corrected chi connectivity index (χ2v) is 7.88. The minimum atomic E-state index is -0.444. The number of fused-ring (bicyclic) bond motifs is 1. The molecule has 0 saturated carbocycles. The first kappa shape index (κ1) is 21.6. The molecule has 6 nitrogen and oxygen atoms in total. The van der Waals surface area contributed by atoms with Gasteiger partial charge in [-0.2, -0.15) is 0 Å². The summed E-state index contributed by atoms with van der Waals surface area (Å²) < 4.78 is 2.65. The van der Waals surface area contributed by atoms with Gasteiger partial charge in [0.1, 0.15) is 6.54 Å². The third-order valence-corrected chi connectivity index (χ3v) is 5.26. The number of hydrogen-bond acceptors (Lipinski definition) is 3. The summed E-state index contributed by atoms with van der Waals surface area (Å²) in [5, 5.41) is 3.33. The van der Waals surface area contributed by atoms with E-state index >= 15 is 0 Å². The Kier molecular flexibility index (Phi) is 6.87. The SMILES string of the molecule is CCCCCn1c(=O)c2ccccc2n(CC(=O)Nc2cccc(C(C)C)c2)c1=O. The van der Waals surface area contributed by atoms with Gasteiger partial charge in [0.15, 0.2) is 0 Å². The van der Waals surface area contributed by atoms with E-state index in [0.29, 0.717) is 29.1 Å². The Bertz CT molecular complexity index is 1160. The maximum atomic E-state index is 13.1. The van der Waals surface area contributed by atoms with E-state index in [0.717, 1.165) is 24.8 Å². The van der Waals surface area contributed by atoms with E-state index in [2.05, 4.69) is 26.1 Å². The molecular weight excluding hydrogens is 378 g/mol. The van der Waals surface area contributed by atoms with Crippen LogP contribution in [0.1, 0.15) is 51.5 Å². The molecule has 6 heteroatoms. The van der Waals surface area contributed by atoms with E-state index < -0.39 is 5.69 Å². The van der Waals surface area contributed by atoms with Crippen molar-refractivity contribution in [2.45, 2.75) is 59.0 Å². The van der Waals surface area contributed by atoms with E-state index in [9.17, 15) is 14.4 Å². The summed E-state index contributed by atoms with van der Waals surface area (Å²) >= 11 is 0. The van der Waals surface area contributed by atoms with Crippen LogP contribution in [0, 0.1) is 0 Å². The number of amides is 1. The first-order chi connectivity index (χ1) is 14.4. The molecular formula is C24H29N3O3. The second-order valence-electron chi connectivity index (χ2n) is 7.88. The molecule has 1 aromatic heterocycles. The van der Waals surface area contributed by atoms with Crippen molar-refractivity contribution >= 4 is 22.5 Å². The smallest absolute Gasteiger partial charge is 0.325 e. The lowest BCUT2D eigenvalue weighted by Crippen LogP contribution is -2.41. The molecule has 0 atom stereocenters. The minimum absolute atomic E-state index is 0.153. The fourth-order valence-corrected chi connectivity index (χ4v) is 3.56. The molecule has 0 aliphatic heterocycles. The molecule has 2 aromatic carbocycles. The Labute approximate surface area is 176 Å². The van der Waals surface area contributed by atoms with Gasteiger partial charge in [-0.3, -0.25) is 18.7 Å². The van der Waals surface area contributed by atoms with Crippen molar-refractivity contribution < 1.29 is 4.79 Å². The first-order valence-corrected chi connectivity index (χ1v) is 10.5. The summed E-state index contributed by atoms with van der Waals surface area (Å²) in [6.45, 7) is 6.45. The van der Waals surface area contributed by atoms with Gasteiger partial charge in [-0.05, 0) is 42.2 Å². The van der Waals surface area contributed by atoms with Gasteiger partial charge >= 0.3 is 5.69 Å². The molecule has 0 aliphatic carbocycles. The van der Waals surface area contributed by atoms with Gasteiger partial charge in [0.2, 0.25) is 5.91 Å². The highest BCUT2D eigenvalue weighted by atomic mass is 16.2. The monoisotopic (exact) mass is 407 g/mol. The number of hydrogen-bond donors (Lipinski definition) is 1. The molecule has 0 unspecified atom stereocenters. The van der Waals surface area contributed by atoms with Crippen LogP contribution < -0.4 is 16.6 Å². The molecule has 1 N–H and O–H groups in total. The van der Waals surface area contributed by atoms with E-state index in [1.807, 2.05) is 24.3 Å². The fraction of sp³-hybridized carbons (Fsp3) is 0.375. The largest absolute Gasteiger partial charge is 0.331 e. The van der Waals surface area contributed by atoms with Crippen molar-refractivity contribution in [3.05, 3.63) is 74.9 Å². The molecule has 158 valence electrons. The standard InChI is InChI=1S/C24H29N3O3/c1-4-5-8-14-26-23(29)20-12-6-7-13-21(20)27(24(26)30)16-22(28)25-19-11-9-10-18(15-19)17(2)3/h6-7,9-13,15,17H,4-5,8,14,16H2,1-3H3,(H,25,28). The third-order valence-electron chi connectivity index (χ3n) is 5.26. The number of nitrogens with one attached hydrogen (secondary N) is 1. The van der Waals surface area contributed by atoms with Crippen LogP contribution in [0.2, 0.25) is 0 Å². The third kappa shape index (κ3) is 4.70. The summed E-state index contributed by atoms with van der Waals surface area (Å²) in [7, 11) is 0. The normalized spacial score (nSPS) is 11.2. The molecule has 0 radical (unpaired) electrons. The lowest BCUT2D eigenvalue weighted by atomic mass is 10.0. The van der Waals surface area contributed by atoms with Crippen LogP contribution >= 0.6 is 0 Å². The fourth-order valence-electron chi connectivity index (χ4n) is 3.56. The van der Waals surface area contributed by atoms with Gasteiger partial charge in [-0.1, -0.05) is 57.9 Å². The number of anilines is 1. The maximum Gasteiger partial charge on any atom is 0.331 e. The van der Waals surface area contributed by atoms with Crippen molar-refractivity contribution in [1.82, 2.24) is 9.13 Å². The lowest BCUT2D eigenvalue weighted by molar-refractivity contribution is -0.116. The van der Waals surface area contributed by atoms with Crippen LogP contribution in [-0.4, -0.2) is 15.0 Å². The van der Waals surface area contributed by atoms with Crippen molar-refractivity contribution in [3.63, 3.8) is 0 Å². The topological polar surface area (TPSA) is 73.1 Å². The number of nitrogens with zero attached hydrogens (tertiary/aromatic N) is 2. The average molecular weight is 408 g/mol. The summed E-state index contributed by atoms with van der Waals surface area (Å²) in [5.74, 6) is 0.0435. The molecule has 0 aliphatic rings. The van der Waals surface area contributed by atoms with Gasteiger partial charge in [-0.25, -0.2) is 4.79 Å². The molecule has 0 fully saturated rings. The van der Waals surface area contributed by atoms with Gasteiger partial charge in [0.05, 0.1) is 10.9 Å². The van der Waals surface area contributed by atoms with E-state index in [1.54, 1.807) is 24.3 Å². The van der Waals surface area contributed by atoms with E-state index in [-0.39, 0.29) is 18.0 Å². The summed E-state index contributed by atoms with van der Waals surface area (Å²) in [6.07, 6.45) is 2.68. The zero-order valence-corrected chi connectivity index (χ0v) is 17.9. The van der Waals surface area contributed by atoms with Crippen LogP contribution in [0.15, 0.2) is 58.1 Å². The summed E-state index contributed by atoms with van der Waals surface area (Å²) in [6, 6.07) is 14.6. The van der Waals surface area contributed by atoms with Gasteiger partial charge in [0.25, 0.3) is 5.56 Å². The van der Waals surface area contributed by atoms with Crippen molar-refractivity contribution in [2.75, 3.05) is 5.32 Å². The minimum Gasteiger partial charge on any atom is -0.325 e. The Morgan fingerprint density at radius 1 is 1.00 bits per heavy atom. The molecule has 30 heavy (non-hydrogen) atoms. The average Bonchev–Trinajstić information content (AvgIpc) is 2.74. The van der Waals surface area contributed by atoms with Crippen LogP contribution in [0.5, 0.6) is 0 Å². The Morgan fingerprint density at radius 3 is 2.50 bits per heavy atom. The Hall–Kier alpha value is -3.15. The van der Waals surface area contributed by atoms with Crippen LogP contribution in [-0.2, 0) is 17.9 Å². The number of para-hydroxylation sites is 1. The predicted molar refractivity (Wildman–Crippen MR) is 121 cm³/mol. The molecule has 0 bridgehead atoms. The number of carbonyl (C=O) groups is 1. The first-order valence-electron chi connectivity index (χ1n) is 10.5. The van der Waals surface area contributed by atoms with Gasteiger partial charge < -0.3 is 5.32 Å². The Morgan fingerprint density at radius 2 is 1.77 bits per heavy atom. The molecule has 1 amide bonds. The quantitative estimate of drug-likeness (QED) is 0.571. The number of unbranched alkanes of at least 4 members (excludes halogenated alkanes) is 2. The molecule has 3 aromatic rings. The molecule has 1 heterocycles. The molecule has 0 spiro atoms. The highest BCUT2D eigenvalue weighted by Gasteiger charge is 2.15. The summed E-state index contributed by atoms with van der Waals surface area (Å²) in [5.41, 5.74) is 1.55. The number of benzene rings is 2. The molecule has 0 saturated heterocycles. The highest BCUT2D eigenvalue weighted by molar-refractivity contribution is 5.91. The number of aromatic nitrogens is 2. The maximum absolute atomic E-state index is 13.1. The summed E-state index contributed by atoms with van der Waals surface area (Å²) in [4.78, 5) is 38.7. The van der Waals surface area contributed by atoms with Crippen molar-refractivity contribution in [3.8, 4) is 0 Å². The second kappa shape index (κ2) is 9.57. The highest BCUT2D eigenvalue weighted by Crippen LogP contribution is 2.18. The van der Waals surface area contributed by atoms with Crippen LogP contribution in [0.4, 0.5) is 5.69 Å². The van der Waals surface area contributed by atoms with Crippen LogP contribution in [0.3, 0.4) is 0 Å². The zero-order valence-electron chi connectivity index (χ0n) is 17.9. The van der Waals surface area contributed by atoms with Gasteiger partial charge in [0, 0.05) is 12.2 Å². The van der Waals surface area contributed by atoms with Gasteiger partial charge in [-0.15, -0.1) is 0 Å². The number of carbonyl (C=O) groups excluding carboxylic acids is 1. The van der Waals surface area contributed by atoms with E-state index in [4.69, 9.17) is 0 Å². The number of rotatable bonds is 8. The molecule has 3 rings (SSSR count). The zero-order chi connectivity index (χ0) is 21.7.